The Balaban J connectivity index is 2.29. The van der Waals surface area contributed by atoms with E-state index in [0.29, 0.717) is 12.2 Å². The first-order valence-electron chi connectivity index (χ1n) is 6.26. The molecule has 0 saturated carbocycles. The monoisotopic (exact) mass is 294 g/mol. The van der Waals surface area contributed by atoms with Crippen LogP contribution in [0.4, 0.5) is 11.5 Å². The van der Waals surface area contributed by atoms with Gasteiger partial charge in [-0.05, 0) is 24.5 Å². The van der Waals surface area contributed by atoms with Crippen LogP contribution in [-0.2, 0) is 12.0 Å². The molecule has 0 bridgehead atoms. The van der Waals surface area contributed by atoms with Crippen LogP contribution < -0.4 is 5.73 Å². The highest BCUT2D eigenvalue weighted by Crippen LogP contribution is 2.31. The van der Waals surface area contributed by atoms with Crippen molar-refractivity contribution in [3.05, 3.63) is 37.7 Å². The number of aryl methyl sites for hydroxylation is 1. The molecule has 2 heterocycles. The summed E-state index contributed by atoms with van der Waals surface area (Å²) in [6, 6.07) is 4.11. The smallest absolute Gasteiger partial charge is 0.333 e. The van der Waals surface area contributed by atoms with Crippen molar-refractivity contribution in [2.24, 2.45) is 0 Å². The Morgan fingerprint density at radius 1 is 1.45 bits per heavy atom. The molecule has 20 heavy (non-hydrogen) atoms. The number of rotatable bonds is 3. The SMILES string of the molecule is Cc1nn(Cc2ccc(C(C)(C)C)s2)c(N)c1[N+](=O)[O-]. The molecule has 108 valence electrons. The third-order valence-electron chi connectivity index (χ3n) is 3.02. The van der Waals surface area contributed by atoms with Crippen LogP contribution in [0.15, 0.2) is 12.1 Å². The molecule has 2 aromatic rings. The lowest BCUT2D eigenvalue weighted by molar-refractivity contribution is -0.384. The van der Waals surface area contributed by atoms with Gasteiger partial charge in [0.15, 0.2) is 0 Å². The summed E-state index contributed by atoms with van der Waals surface area (Å²) in [6.45, 7) is 8.51. The van der Waals surface area contributed by atoms with Gasteiger partial charge in [-0.1, -0.05) is 20.8 Å². The van der Waals surface area contributed by atoms with Gasteiger partial charge >= 0.3 is 5.69 Å². The van der Waals surface area contributed by atoms with E-state index < -0.39 is 4.92 Å². The van der Waals surface area contributed by atoms with E-state index in [9.17, 15) is 10.1 Å². The van der Waals surface area contributed by atoms with Crippen LogP contribution >= 0.6 is 11.3 Å². The zero-order chi connectivity index (χ0) is 15.1. The predicted molar refractivity (Wildman–Crippen MR) is 80.2 cm³/mol. The molecule has 0 fully saturated rings. The minimum absolute atomic E-state index is 0.0977. The lowest BCUT2D eigenvalue weighted by Crippen LogP contribution is -2.08. The van der Waals surface area contributed by atoms with Crippen molar-refractivity contribution in [3.63, 3.8) is 0 Å². The molecule has 0 atom stereocenters. The van der Waals surface area contributed by atoms with Gasteiger partial charge in [-0.2, -0.15) is 5.10 Å². The lowest BCUT2D eigenvalue weighted by Gasteiger charge is -2.15. The third-order valence-corrected chi connectivity index (χ3v) is 4.52. The fourth-order valence-corrected chi connectivity index (χ4v) is 3.00. The number of nitrogens with two attached hydrogens (primary N) is 1. The van der Waals surface area contributed by atoms with Crippen LogP contribution in [-0.4, -0.2) is 14.7 Å². The van der Waals surface area contributed by atoms with Gasteiger partial charge in [0, 0.05) is 9.75 Å². The van der Waals surface area contributed by atoms with Crippen molar-refractivity contribution in [3.8, 4) is 0 Å². The minimum Gasteiger partial charge on any atom is -0.378 e. The first-order chi connectivity index (χ1) is 9.20. The van der Waals surface area contributed by atoms with E-state index in [2.05, 4.69) is 31.9 Å². The minimum atomic E-state index is -0.483. The van der Waals surface area contributed by atoms with Crippen LogP contribution in [0.3, 0.4) is 0 Å². The molecule has 0 amide bonds. The van der Waals surface area contributed by atoms with Gasteiger partial charge in [-0.3, -0.25) is 10.1 Å². The summed E-state index contributed by atoms with van der Waals surface area (Å²) in [5.41, 5.74) is 6.15. The van der Waals surface area contributed by atoms with E-state index in [-0.39, 0.29) is 16.9 Å². The molecule has 7 heteroatoms. The van der Waals surface area contributed by atoms with Crippen LogP contribution in [0, 0.1) is 17.0 Å². The lowest BCUT2D eigenvalue weighted by atomic mass is 9.95. The molecule has 0 saturated heterocycles. The second kappa shape index (κ2) is 4.90. The van der Waals surface area contributed by atoms with Crippen molar-refractivity contribution in [1.82, 2.24) is 9.78 Å². The van der Waals surface area contributed by atoms with Crippen molar-refractivity contribution in [2.45, 2.75) is 39.7 Å². The molecule has 0 aromatic carbocycles. The molecule has 2 N–H and O–H groups in total. The van der Waals surface area contributed by atoms with Gasteiger partial charge in [-0.25, -0.2) is 4.68 Å². The fraction of sp³-hybridized carbons (Fsp3) is 0.462. The Morgan fingerprint density at radius 3 is 2.55 bits per heavy atom. The molecular weight excluding hydrogens is 276 g/mol. The van der Waals surface area contributed by atoms with Crippen LogP contribution in [0.25, 0.3) is 0 Å². The van der Waals surface area contributed by atoms with Gasteiger partial charge in [0.25, 0.3) is 0 Å². The van der Waals surface area contributed by atoms with Crippen molar-refractivity contribution in [1.29, 1.82) is 0 Å². The van der Waals surface area contributed by atoms with Gasteiger partial charge in [0.2, 0.25) is 5.82 Å². The highest BCUT2D eigenvalue weighted by Gasteiger charge is 2.23. The maximum atomic E-state index is 10.9. The molecule has 0 aliphatic carbocycles. The molecular formula is C13H18N4O2S. The average Bonchev–Trinajstić information content (AvgIpc) is 2.84. The second-order valence-electron chi connectivity index (χ2n) is 5.75. The Bertz CT molecular complexity index is 652. The Morgan fingerprint density at radius 2 is 2.10 bits per heavy atom. The van der Waals surface area contributed by atoms with Gasteiger partial charge in [-0.15, -0.1) is 11.3 Å². The normalized spacial score (nSPS) is 11.8. The number of hydrogen-bond acceptors (Lipinski definition) is 5. The number of nitrogens with zero attached hydrogens (tertiary/aromatic N) is 3. The van der Waals surface area contributed by atoms with E-state index in [1.807, 2.05) is 6.07 Å². The number of nitrogen functional groups attached to an aromatic ring is 1. The Labute approximate surface area is 121 Å². The summed E-state index contributed by atoms with van der Waals surface area (Å²) in [6.07, 6.45) is 0. The van der Waals surface area contributed by atoms with E-state index in [4.69, 9.17) is 5.73 Å². The van der Waals surface area contributed by atoms with Crippen LogP contribution in [0.1, 0.15) is 36.2 Å². The van der Waals surface area contributed by atoms with Crippen LogP contribution in [0.2, 0.25) is 0 Å². The highest BCUT2D eigenvalue weighted by molar-refractivity contribution is 7.12. The summed E-state index contributed by atoms with van der Waals surface area (Å²) in [5.74, 6) is 0.109. The Hall–Kier alpha value is -1.89. The Kier molecular flexibility index (Phi) is 3.56. The summed E-state index contributed by atoms with van der Waals surface area (Å²) in [7, 11) is 0. The molecule has 6 nitrogen and oxygen atoms in total. The predicted octanol–water partition coefficient (Wildman–Crippen LogP) is 3.09. The highest BCUT2D eigenvalue weighted by atomic mass is 32.1. The van der Waals surface area contributed by atoms with Gasteiger partial charge in [0.1, 0.15) is 5.69 Å². The summed E-state index contributed by atoms with van der Waals surface area (Å²) in [4.78, 5) is 12.8. The maximum absolute atomic E-state index is 10.9. The number of aromatic nitrogens is 2. The molecule has 0 radical (unpaired) electrons. The molecule has 2 rings (SSSR count). The standard InChI is InChI=1S/C13H18N4O2S/c1-8-11(17(18)19)12(14)16(15-8)7-9-5-6-10(20-9)13(2,3)4/h5-6H,7,14H2,1-4H3. The summed E-state index contributed by atoms with van der Waals surface area (Å²) >= 11 is 1.68. The van der Waals surface area contributed by atoms with Crippen LogP contribution in [0.5, 0.6) is 0 Å². The maximum Gasteiger partial charge on any atom is 0.333 e. The first-order valence-corrected chi connectivity index (χ1v) is 7.08. The summed E-state index contributed by atoms with van der Waals surface area (Å²) in [5, 5.41) is 15.1. The van der Waals surface area contributed by atoms with E-state index >= 15 is 0 Å². The number of nitro groups is 1. The topological polar surface area (TPSA) is 87.0 Å². The van der Waals surface area contributed by atoms with Crippen molar-refractivity contribution >= 4 is 22.8 Å². The zero-order valence-electron chi connectivity index (χ0n) is 12.0. The number of hydrogen-bond donors (Lipinski definition) is 1. The third kappa shape index (κ3) is 2.67. The van der Waals surface area contributed by atoms with E-state index in [1.54, 1.807) is 18.3 Å². The molecule has 0 aliphatic rings. The second-order valence-corrected chi connectivity index (χ2v) is 6.92. The van der Waals surface area contributed by atoms with E-state index in [1.165, 1.54) is 9.56 Å². The quantitative estimate of drug-likeness (QED) is 0.696. The molecule has 0 aliphatic heterocycles. The first kappa shape index (κ1) is 14.5. The average molecular weight is 294 g/mol. The van der Waals surface area contributed by atoms with Crippen molar-refractivity contribution in [2.75, 3.05) is 5.73 Å². The summed E-state index contributed by atoms with van der Waals surface area (Å²) < 4.78 is 1.49. The van der Waals surface area contributed by atoms with Gasteiger partial charge in [0.05, 0.1) is 11.5 Å². The zero-order valence-corrected chi connectivity index (χ0v) is 12.8. The molecule has 2 aromatic heterocycles. The fourth-order valence-electron chi connectivity index (χ4n) is 1.95. The van der Waals surface area contributed by atoms with Gasteiger partial charge < -0.3 is 5.73 Å². The number of anilines is 1. The number of thiophene rings is 1. The molecule has 0 spiro atoms. The van der Waals surface area contributed by atoms with Crippen molar-refractivity contribution < 1.29 is 4.92 Å². The largest absolute Gasteiger partial charge is 0.378 e. The van der Waals surface area contributed by atoms with E-state index in [0.717, 1.165) is 4.88 Å². The molecule has 0 unspecified atom stereocenters.